The van der Waals surface area contributed by atoms with Crippen LogP contribution in [0.2, 0.25) is 0 Å². The highest BCUT2D eigenvalue weighted by Crippen LogP contribution is 2.11. The first-order chi connectivity index (χ1) is 25.6. The van der Waals surface area contributed by atoms with E-state index in [9.17, 15) is 14.7 Å². The average Bonchev–Trinajstić information content (AvgIpc) is 3.15. The number of aliphatic hydroxyl groups excluding tert-OH is 1. The highest BCUT2D eigenvalue weighted by molar-refractivity contribution is 5.70. The van der Waals surface area contributed by atoms with E-state index in [0.717, 1.165) is 103 Å². The van der Waals surface area contributed by atoms with Crippen LogP contribution in [0.3, 0.4) is 0 Å². The summed E-state index contributed by atoms with van der Waals surface area (Å²) in [6, 6.07) is 0. The minimum Gasteiger partial charge on any atom is -0.462 e. The topological polar surface area (TPSA) is 72.8 Å². The van der Waals surface area contributed by atoms with Crippen LogP contribution in [-0.2, 0) is 19.1 Å². The number of ether oxygens (including phenoxy) is 2. The second kappa shape index (κ2) is 42.0. The largest absolute Gasteiger partial charge is 0.462 e. The first-order valence-corrected chi connectivity index (χ1v) is 20.4. The second-order valence-electron chi connectivity index (χ2n) is 12.9. The summed E-state index contributed by atoms with van der Waals surface area (Å²) < 4.78 is 10.6. The molecular weight excluding hydrogens is 645 g/mol. The first-order valence-electron chi connectivity index (χ1n) is 20.4. The molecule has 0 saturated carbocycles. The summed E-state index contributed by atoms with van der Waals surface area (Å²) in [6.45, 7) is 3.84. The van der Waals surface area contributed by atoms with Crippen molar-refractivity contribution in [2.75, 3.05) is 13.2 Å². The Labute approximate surface area is 319 Å². The van der Waals surface area contributed by atoms with Crippen LogP contribution >= 0.6 is 0 Å². The fourth-order valence-electron chi connectivity index (χ4n) is 5.04. The Hall–Kier alpha value is -3.44. The summed E-state index contributed by atoms with van der Waals surface area (Å²) in [5.74, 6) is -0.664. The van der Waals surface area contributed by atoms with Gasteiger partial charge in [0.1, 0.15) is 6.61 Å². The Kier molecular flexibility index (Phi) is 39.2. The summed E-state index contributed by atoms with van der Waals surface area (Å²) in [5, 5.41) is 9.56. The molecule has 0 heterocycles. The average molecular weight is 719 g/mol. The van der Waals surface area contributed by atoms with E-state index in [1.165, 1.54) is 25.7 Å². The Morgan fingerprint density at radius 1 is 0.442 bits per heavy atom. The molecule has 0 aliphatic heterocycles. The van der Waals surface area contributed by atoms with Crippen molar-refractivity contribution in [2.45, 2.75) is 161 Å². The van der Waals surface area contributed by atoms with Crippen molar-refractivity contribution < 1.29 is 24.2 Å². The number of carbonyl (C=O) groups is 2. The lowest BCUT2D eigenvalue weighted by Gasteiger charge is -2.15. The van der Waals surface area contributed by atoms with Crippen LogP contribution < -0.4 is 0 Å². The van der Waals surface area contributed by atoms with E-state index in [4.69, 9.17) is 9.47 Å². The zero-order chi connectivity index (χ0) is 37.8. The van der Waals surface area contributed by atoms with E-state index >= 15 is 0 Å². The smallest absolute Gasteiger partial charge is 0.306 e. The van der Waals surface area contributed by atoms with Gasteiger partial charge in [0.25, 0.3) is 0 Å². The Balaban J connectivity index is 3.68. The molecule has 1 N–H and O–H groups in total. The van der Waals surface area contributed by atoms with Gasteiger partial charge in [-0.1, -0.05) is 155 Å². The quantitative estimate of drug-likeness (QED) is 0.0401. The first kappa shape index (κ1) is 48.6. The lowest BCUT2D eigenvalue weighted by atomic mass is 10.1. The maximum atomic E-state index is 12.2. The molecule has 5 heteroatoms. The molecule has 0 aliphatic carbocycles. The van der Waals surface area contributed by atoms with E-state index < -0.39 is 6.10 Å². The predicted octanol–water partition coefficient (Wildman–Crippen LogP) is 13.1. The fourth-order valence-corrected chi connectivity index (χ4v) is 5.04. The van der Waals surface area contributed by atoms with Crippen LogP contribution in [0.5, 0.6) is 0 Å². The standard InChI is InChI=1S/C47H74O5/c1-3-5-7-9-11-13-15-17-19-20-21-22-23-24-25-26-28-30-32-34-36-38-40-42-47(50)52-45(43-48)44-51-46(49)41-39-37-35-33-31-29-27-18-16-14-12-10-8-6-4-2/h5-8,11-14,17-19,21-22,24-25,27,31,33,45,48H,3-4,9-10,15-16,20,23,26,28-30,32,34-44H2,1-2H3/b7-5-,8-6-,13-11-,14-12-,19-17-,22-21-,25-24-,27-18-,33-31-. The van der Waals surface area contributed by atoms with E-state index in [2.05, 4.69) is 123 Å². The minimum absolute atomic E-state index is 0.0996. The number of allylic oxidation sites excluding steroid dienone is 18. The van der Waals surface area contributed by atoms with Crippen LogP contribution in [0.15, 0.2) is 109 Å². The van der Waals surface area contributed by atoms with Gasteiger partial charge in [0.2, 0.25) is 0 Å². The molecule has 1 atom stereocenters. The SMILES string of the molecule is CC/C=C\C/C=C\C/C=C\C/C=C\C/C=C\CCCCCCCCCC(=O)OC(CO)COC(=O)CCCC/C=C\C/C=C\C/C=C\C/C=C\CC. The summed E-state index contributed by atoms with van der Waals surface area (Å²) in [4.78, 5) is 24.3. The third-order valence-electron chi connectivity index (χ3n) is 8.06. The molecular formula is C47H74O5. The highest BCUT2D eigenvalue weighted by atomic mass is 16.6. The molecule has 52 heavy (non-hydrogen) atoms. The molecule has 292 valence electrons. The monoisotopic (exact) mass is 719 g/mol. The molecule has 0 bridgehead atoms. The lowest BCUT2D eigenvalue weighted by Crippen LogP contribution is -2.28. The van der Waals surface area contributed by atoms with Gasteiger partial charge in [-0.3, -0.25) is 9.59 Å². The van der Waals surface area contributed by atoms with E-state index in [-0.39, 0.29) is 25.2 Å². The normalized spacial score (nSPS) is 13.4. The molecule has 0 fully saturated rings. The van der Waals surface area contributed by atoms with Gasteiger partial charge >= 0.3 is 11.9 Å². The number of esters is 2. The zero-order valence-corrected chi connectivity index (χ0v) is 33.0. The third kappa shape index (κ3) is 39.3. The van der Waals surface area contributed by atoms with E-state index in [1.54, 1.807) is 0 Å². The maximum Gasteiger partial charge on any atom is 0.306 e. The molecule has 0 radical (unpaired) electrons. The molecule has 0 aromatic rings. The Bertz CT molecular complexity index is 1090. The second-order valence-corrected chi connectivity index (χ2v) is 12.9. The van der Waals surface area contributed by atoms with Crippen LogP contribution in [0, 0.1) is 0 Å². The van der Waals surface area contributed by atoms with Crippen LogP contribution in [0.4, 0.5) is 0 Å². The maximum absolute atomic E-state index is 12.2. The number of rotatable bonds is 35. The van der Waals surface area contributed by atoms with Gasteiger partial charge in [-0.05, 0) is 96.3 Å². The summed E-state index contributed by atoms with van der Waals surface area (Å²) in [7, 11) is 0. The van der Waals surface area contributed by atoms with E-state index in [0.29, 0.717) is 12.8 Å². The molecule has 0 amide bonds. The number of carbonyl (C=O) groups excluding carboxylic acids is 2. The molecule has 5 nitrogen and oxygen atoms in total. The van der Waals surface area contributed by atoms with Crippen molar-refractivity contribution in [3.63, 3.8) is 0 Å². The number of hydrogen-bond donors (Lipinski definition) is 1. The van der Waals surface area contributed by atoms with Gasteiger partial charge < -0.3 is 14.6 Å². The van der Waals surface area contributed by atoms with E-state index in [1.807, 2.05) is 0 Å². The van der Waals surface area contributed by atoms with Gasteiger partial charge in [0, 0.05) is 12.8 Å². The molecule has 0 saturated heterocycles. The van der Waals surface area contributed by atoms with Gasteiger partial charge in [-0.2, -0.15) is 0 Å². The molecule has 1 unspecified atom stereocenters. The van der Waals surface area contributed by atoms with Crippen molar-refractivity contribution in [2.24, 2.45) is 0 Å². The molecule has 0 spiro atoms. The molecule has 0 aromatic carbocycles. The molecule has 0 aromatic heterocycles. The Morgan fingerprint density at radius 3 is 1.19 bits per heavy atom. The molecule has 0 aliphatic rings. The summed E-state index contributed by atoms with van der Waals surface area (Å²) >= 11 is 0. The summed E-state index contributed by atoms with van der Waals surface area (Å²) in [6.07, 6.45) is 60.1. The van der Waals surface area contributed by atoms with Gasteiger partial charge in [0.05, 0.1) is 6.61 Å². The Morgan fingerprint density at radius 2 is 0.769 bits per heavy atom. The zero-order valence-electron chi connectivity index (χ0n) is 33.0. The fraction of sp³-hybridized carbons (Fsp3) is 0.574. The van der Waals surface area contributed by atoms with Crippen molar-refractivity contribution in [3.8, 4) is 0 Å². The predicted molar refractivity (Wildman–Crippen MR) is 223 cm³/mol. The van der Waals surface area contributed by atoms with Crippen molar-refractivity contribution in [3.05, 3.63) is 109 Å². The lowest BCUT2D eigenvalue weighted by molar-refractivity contribution is -0.161. The van der Waals surface area contributed by atoms with Crippen LogP contribution in [0.1, 0.15) is 155 Å². The number of hydrogen-bond acceptors (Lipinski definition) is 5. The van der Waals surface area contributed by atoms with Gasteiger partial charge in [0.15, 0.2) is 6.10 Å². The third-order valence-corrected chi connectivity index (χ3v) is 8.06. The number of unbranched alkanes of at least 4 members (excludes halogenated alkanes) is 9. The summed E-state index contributed by atoms with van der Waals surface area (Å²) in [5.41, 5.74) is 0. The molecule has 0 rings (SSSR count). The van der Waals surface area contributed by atoms with Crippen molar-refractivity contribution >= 4 is 11.9 Å². The van der Waals surface area contributed by atoms with Gasteiger partial charge in [-0.25, -0.2) is 0 Å². The van der Waals surface area contributed by atoms with Crippen LogP contribution in [-0.4, -0.2) is 36.4 Å². The van der Waals surface area contributed by atoms with Crippen molar-refractivity contribution in [1.82, 2.24) is 0 Å². The highest BCUT2D eigenvalue weighted by Gasteiger charge is 2.16. The minimum atomic E-state index is -0.802. The van der Waals surface area contributed by atoms with Gasteiger partial charge in [-0.15, -0.1) is 0 Å². The van der Waals surface area contributed by atoms with Crippen molar-refractivity contribution in [1.29, 1.82) is 0 Å². The van der Waals surface area contributed by atoms with Crippen LogP contribution in [0.25, 0.3) is 0 Å². The number of aliphatic hydroxyl groups is 1.